The van der Waals surface area contributed by atoms with Crippen LogP contribution in [0, 0.1) is 0 Å². The third-order valence-electron chi connectivity index (χ3n) is 5.88. The maximum absolute atomic E-state index is 5.57. The number of nitrogens with zero attached hydrogens (tertiary/aromatic N) is 2. The highest BCUT2D eigenvalue weighted by atomic mass is 16.5. The SMILES string of the molecule is COc1ccc(OC)c(CN2CCN(C(c3ccccc3)c3ccccc3)CC2)c1. The van der Waals surface area contributed by atoms with Crippen LogP contribution in [0.3, 0.4) is 0 Å². The van der Waals surface area contributed by atoms with E-state index in [-0.39, 0.29) is 0 Å². The van der Waals surface area contributed by atoms with Gasteiger partial charge in [-0.1, -0.05) is 60.7 Å². The van der Waals surface area contributed by atoms with Gasteiger partial charge in [0.05, 0.1) is 20.3 Å². The molecule has 4 nitrogen and oxygen atoms in total. The van der Waals surface area contributed by atoms with Gasteiger partial charge in [0.25, 0.3) is 0 Å². The highest BCUT2D eigenvalue weighted by Gasteiger charge is 2.26. The van der Waals surface area contributed by atoms with Gasteiger partial charge in [0.2, 0.25) is 0 Å². The average Bonchev–Trinajstić information content (AvgIpc) is 2.82. The molecule has 0 aliphatic carbocycles. The molecule has 3 aromatic carbocycles. The first-order chi connectivity index (χ1) is 14.8. The molecule has 0 saturated carbocycles. The molecule has 0 atom stereocenters. The first-order valence-corrected chi connectivity index (χ1v) is 10.6. The van der Waals surface area contributed by atoms with Gasteiger partial charge < -0.3 is 9.47 Å². The lowest BCUT2D eigenvalue weighted by Crippen LogP contribution is -2.47. The van der Waals surface area contributed by atoms with Crippen LogP contribution in [-0.2, 0) is 6.54 Å². The summed E-state index contributed by atoms with van der Waals surface area (Å²) in [5.41, 5.74) is 3.88. The maximum atomic E-state index is 5.57. The van der Waals surface area contributed by atoms with E-state index in [0.717, 1.165) is 44.2 Å². The van der Waals surface area contributed by atoms with Gasteiger partial charge in [-0.15, -0.1) is 0 Å². The van der Waals surface area contributed by atoms with Gasteiger partial charge in [-0.25, -0.2) is 0 Å². The van der Waals surface area contributed by atoms with Crippen molar-refractivity contribution >= 4 is 0 Å². The fourth-order valence-electron chi connectivity index (χ4n) is 4.31. The Morgan fingerprint density at radius 3 is 1.87 bits per heavy atom. The molecule has 156 valence electrons. The molecule has 1 aliphatic heterocycles. The molecule has 0 amide bonds. The minimum absolute atomic E-state index is 0.293. The Morgan fingerprint density at radius 2 is 1.33 bits per heavy atom. The van der Waals surface area contributed by atoms with Crippen LogP contribution in [0.2, 0.25) is 0 Å². The quantitative estimate of drug-likeness (QED) is 0.576. The van der Waals surface area contributed by atoms with E-state index in [1.165, 1.54) is 16.7 Å². The second kappa shape index (κ2) is 9.79. The zero-order valence-electron chi connectivity index (χ0n) is 17.8. The molecule has 0 N–H and O–H groups in total. The highest BCUT2D eigenvalue weighted by Crippen LogP contribution is 2.30. The van der Waals surface area contributed by atoms with Crippen LogP contribution in [0.4, 0.5) is 0 Å². The Bertz CT molecular complexity index is 883. The molecule has 1 heterocycles. The van der Waals surface area contributed by atoms with Crippen LogP contribution in [0.5, 0.6) is 11.5 Å². The zero-order valence-corrected chi connectivity index (χ0v) is 17.8. The lowest BCUT2D eigenvalue weighted by Gasteiger charge is -2.40. The lowest BCUT2D eigenvalue weighted by atomic mass is 9.96. The number of methoxy groups -OCH3 is 2. The number of hydrogen-bond donors (Lipinski definition) is 0. The van der Waals surface area contributed by atoms with E-state index in [9.17, 15) is 0 Å². The molecular formula is C26H30N2O2. The Morgan fingerprint density at radius 1 is 0.733 bits per heavy atom. The van der Waals surface area contributed by atoms with Crippen molar-refractivity contribution in [2.24, 2.45) is 0 Å². The summed E-state index contributed by atoms with van der Waals surface area (Å²) >= 11 is 0. The van der Waals surface area contributed by atoms with E-state index < -0.39 is 0 Å². The van der Waals surface area contributed by atoms with E-state index in [1.54, 1.807) is 14.2 Å². The minimum atomic E-state index is 0.293. The molecule has 4 heteroatoms. The molecule has 3 aromatic rings. The predicted molar refractivity (Wildman–Crippen MR) is 121 cm³/mol. The van der Waals surface area contributed by atoms with E-state index in [4.69, 9.17) is 9.47 Å². The molecule has 0 spiro atoms. The van der Waals surface area contributed by atoms with Crippen molar-refractivity contribution in [3.8, 4) is 11.5 Å². The fourth-order valence-corrected chi connectivity index (χ4v) is 4.31. The molecule has 1 saturated heterocycles. The number of piperazine rings is 1. The molecule has 4 rings (SSSR count). The normalized spacial score (nSPS) is 15.3. The largest absolute Gasteiger partial charge is 0.497 e. The molecule has 1 fully saturated rings. The Balaban J connectivity index is 1.48. The van der Waals surface area contributed by atoms with E-state index >= 15 is 0 Å². The van der Waals surface area contributed by atoms with E-state index in [2.05, 4.69) is 76.5 Å². The lowest BCUT2D eigenvalue weighted by molar-refractivity contribution is 0.104. The van der Waals surface area contributed by atoms with Crippen molar-refractivity contribution in [2.75, 3.05) is 40.4 Å². The predicted octanol–water partition coefficient (Wildman–Crippen LogP) is 4.61. The summed E-state index contributed by atoms with van der Waals surface area (Å²) in [5, 5.41) is 0. The van der Waals surface area contributed by atoms with Gasteiger partial charge in [-0.05, 0) is 29.3 Å². The van der Waals surface area contributed by atoms with Gasteiger partial charge in [-0.2, -0.15) is 0 Å². The first-order valence-electron chi connectivity index (χ1n) is 10.6. The van der Waals surface area contributed by atoms with Gasteiger partial charge >= 0.3 is 0 Å². The van der Waals surface area contributed by atoms with Gasteiger partial charge in [0.1, 0.15) is 11.5 Å². The maximum Gasteiger partial charge on any atom is 0.123 e. The second-order valence-electron chi connectivity index (χ2n) is 7.71. The first kappa shape index (κ1) is 20.5. The van der Waals surface area contributed by atoms with Crippen LogP contribution in [-0.4, -0.2) is 50.2 Å². The summed E-state index contributed by atoms with van der Waals surface area (Å²) in [4.78, 5) is 5.10. The number of rotatable bonds is 7. The molecule has 30 heavy (non-hydrogen) atoms. The van der Waals surface area contributed by atoms with Gasteiger partial charge in [-0.3, -0.25) is 9.80 Å². The van der Waals surface area contributed by atoms with Crippen molar-refractivity contribution in [3.63, 3.8) is 0 Å². The average molecular weight is 403 g/mol. The molecule has 0 aromatic heterocycles. The molecule has 0 unspecified atom stereocenters. The number of benzene rings is 3. The summed E-state index contributed by atoms with van der Waals surface area (Å²) in [7, 11) is 3.44. The summed E-state index contributed by atoms with van der Waals surface area (Å²) in [6, 6.07) is 28.0. The van der Waals surface area contributed by atoms with Gasteiger partial charge in [0, 0.05) is 38.3 Å². The third kappa shape index (κ3) is 4.66. The highest BCUT2D eigenvalue weighted by molar-refractivity contribution is 5.40. The third-order valence-corrected chi connectivity index (χ3v) is 5.88. The second-order valence-corrected chi connectivity index (χ2v) is 7.71. The van der Waals surface area contributed by atoms with Crippen molar-refractivity contribution in [2.45, 2.75) is 12.6 Å². The smallest absolute Gasteiger partial charge is 0.123 e. The van der Waals surface area contributed by atoms with E-state index in [1.807, 2.05) is 12.1 Å². The Labute approximate surface area is 179 Å². The van der Waals surface area contributed by atoms with Crippen molar-refractivity contribution in [3.05, 3.63) is 95.6 Å². The Kier molecular flexibility index (Phi) is 6.67. The number of ether oxygens (including phenoxy) is 2. The van der Waals surface area contributed by atoms with Crippen LogP contribution in [0.1, 0.15) is 22.7 Å². The monoisotopic (exact) mass is 402 g/mol. The number of hydrogen-bond acceptors (Lipinski definition) is 4. The van der Waals surface area contributed by atoms with Crippen LogP contribution < -0.4 is 9.47 Å². The molecule has 1 aliphatic rings. The fraction of sp³-hybridized carbons (Fsp3) is 0.308. The van der Waals surface area contributed by atoms with Crippen LogP contribution in [0.15, 0.2) is 78.9 Å². The standard InChI is InChI=1S/C26H30N2O2/c1-29-24-13-14-25(30-2)23(19-24)20-27-15-17-28(18-16-27)26(21-9-5-3-6-10-21)22-11-7-4-8-12-22/h3-14,19,26H,15-18,20H2,1-2H3. The van der Waals surface area contributed by atoms with Gasteiger partial charge in [0.15, 0.2) is 0 Å². The molecular weight excluding hydrogens is 372 g/mol. The molecule has 0 radical (unpaired) electrons. The summed E-state index contributed by atoms with van der Waals surface area (Å²) < 4.78 is 11.0. The Hall–Kier alpha value is -2.82. The zero-order chi connectivity index (χ0) is 20.8. The summed E-state index contributed by atoms with van der Waals surface area (Å²) in [6.07, 6.45) is 0. The summed E-state index contributed by atoms with van der Waals surface area (Å²) in [6.45, 7) is 4.98. The van der Waals surface area contributed by atoms with E-state index in [0.29, 0.717) is 6.04 Å². The minimum Gasteiger partial charge on any atom is -0.497 e. The molecule has 0 bridgehead atoms. The topological polar surface area (TPSA) is 24.9 Å². The van der Waals surface area contributed by atoms with Crippen molar-refractivity contribution < 1.29 is 9.47 Å². The van der Waals surface area contributed by atoms with Crippen molar-refractivity contribution in [1.29, 1.82) is 0 Å². The van der Waals surface area contributed by atoms with Crippen molar-refractivity contribution in [1.82, 2.24) is 9.80 Å². The van der Waals surface area contributed by atoms with Crippen LogP contribution >= 0.6 is 0 Å². The summed E-state index contributed by atoms with van der Waals surface area (Å²) in [5.74, 6) is 1.79. The van der Waals surface area contributed by atoms with Crippen LogP contribution in [0.25, 0.3) is 0 Å².